The summed E-state index contributed by atoms with van der Waals surface area (Å²) >= 11 is 0. The first-order valence-corrected chi connectivity index (χ1v) is 11.3. The quantitative estimate of drug-likeness (QED) is 0.271. The second kappa shape index (κ2) is 9.55. The third-order valence-corrected chi connectivity index (χ3v) is 5.78. The van der Waals surface area contributed by atoms with Gasteiger partial charge in [0.2, 0.25) is 0 Å². The molecule has 0 aliphatic heterocycles. The first-order chi connectivity index (χ1) is 16.7. The molecule has 3 nitrogen and oxygen atoms in total. The van der Waals surface area contributed by atoms with Crippen LogP contribution in [0.25, 0.3) is 16.8 Å². The van der Waals surface area contributed by atoms with Crippen molar-refractivity contribution in [2.75, 3.05) is 0 Å². The van der Waals surface area contributed by atoms with Gasteiger partial charge in [0.1, 0.15) is 5.69 Å². The van der Waals surface area contributed by atoms with E-state index in [-0.39, 0.29) is 5.56 Å². The topological polar surface area (TPSA) is 34.4 Å². The Morgan fingerprint density at radius 2 is 1.18 bits per heavy atom. The molecule has 0 aliphatic carbocycles. The normalized spacial score (nSPS) is 10.6. The van der Waals surface area contributed by atoms with E-state index in [1.807, 2.05) is 115 Å². The van der Waals surface area contributed by atoms with Gasteiger partial charge in [0, 0.05) is 28.6 Å². The molecule has 0 fully saturated rings. The molecule has 0 atom stereocenters. The highest BCUT2D eigenvalue weighted by Gasteiger charge is 2.15. The number of hydrogen-bond donors (Lipinski definition) is 0. The van der Waals surface area contributed by atoms with Gasteiger partial charge in [-0.25, -0.2) is 4.99 Å². The maximum absolute atomic E-state index is 13.9. The van der Waals surface area contributed by atoms with Crippen molar-refractivity contribution in [3.05, 3.63) is 155 Å². The summed E-state index contributed by atoms with van der Waals surface area (Å²) in [5, 5.41) is 0. The van der Waals surface area contributed by atoms with Crippen LogP contribution < -0.4 is 5.56 Å². The van der Waals surface area contributed by atoms with Crippen LogP contribution in [0.1, 0.15) is 16.7 Å². The number of para-hydroxylation sites is 1. The Kier molecular flexibility index (Phi) is 6.00. The first kappa shape index (κ1) is 21.4. The van der Waals surface area contributed by atoms with E-state index in [0.29, 0.717) is 5.69 Å². The highest BCUT2D eigenvalue weighted by atomic mass is 16.1. The minimum atomic E-state index is -0.159. The van der Waals surface area contributed by atoms with Gasteiger partial charge >= 0.3 is 0 Å². The number of nitrogens with zero attached hydrogens (tertiary/aromatic N) is 2. The number of aromatic nitrogens is 1. The first-order valence-electron chi connectivity index (χ1n) is 11.3. The van der Waals surface area contributed by atoms with Crippen molar-refractivity contribution in [3.8, 4) is 16.8 Å². The summed E-state index contributed by atoms with van der Waals surface area (Å²) in [5.74, 6) is 0. The molecule has 0 aliphatic rings. The fourth-order valence-electron chi connectivity index (χ4n) is 3.99. The minimum absolute atomic E-state index is 0.159. The molecule has 0 saturated heterocycles. The Morgan fingerprint density at radius 1 is 0.647 bits per heavy atom. The number of aliphatic imine (C=N–C) groups is 1. The lowest BCUT2D eigenvalue weighted by atomic mass is 10.0. The van der Waals surface area contributed by atoms with Gasteiger partial charge in [-0.2, -0.15) is 0 Å². The molecule has 0 N–H and O–H groups in total. The molecule has 5 aromatic rings. The standard InChI is InChI=1S/C31H24N2O/c1-23-17-19-24(20-18-23)28-21-22-33(27-15-9-4-10-16-27)31(34)30(28)32-29(25-11-5-2-6-12-25)26-13-7-3-8-14-26/h2-22H,1H3. The molecule has 0 unspecified atom stereocenters. The van der Waals surface area contributed by atoms with Crippen LogP contribution in [-0.2, 0) is 0 Å². The zero-order chi connectivity index (χ0) is 23.3. The van der Waals surface area contributed by atoms with Gasteiger partial charge in [-0.15, -0.1) is 0 Å². The van der Waals surface area contributed by atoms with Crippen LogP contribution in [0, 0.1) is 6.92 Å². The van der Waals surface area contributed by atoms with Gasteiger partial charge in [-0.05, 0) is 30.7 Å². The molecule has 0 spiro atoms. The second-order valence-corrected chi connectivity index (χ2v) is 8.15. The van der Waals surface area contributed by atoms with Crippen LogP contribution in [0.15, 0.2) is 137 Å². The highest BCUT2D eigenvalue weighted by Crippen LogP contribution is 2.29. The van der Waals surface area contributed by atoms with E-state index < -0.39 is 0 Å². The van der Waals surface area contributed by atoms with Gasteiger partial charge in [-0.1, -0.05) is 109 Å². The summed E-state index contributed by atoms with van der Waals surface area (Å²) in [4.78, 5) is 19.0. The van der Waals surface area contributed by atoms with E-state index in [2.05, 4.69) is 19.1 Å². The van der Waals surface area contributed by atoms with Crippen LogP contribution in [0.4, 0.5) is 5.69 Å². The van der Waals surface area contributed by atoms with Crippen molar-refractivity contribution in [3.63, 3.8) is 0 Å². The second-order valence-electron chi connectivity index (χ2n) is 8.15. The van der Waals surface area contributed by atoms with Crippen molar-refractivity contribution in [1.82, 2.24) is 4.57 Å². The molecule has 1 heterocycles. The Morgan fingerprint density at radius 3 is 1.74 bits per heavy atom. The summed E-state index contributed by atoms with van der Waals surface area (Å²) < 4.78 is 1.66. The summed E-state index contributed by atoms with van der Waals surface area (Å²) in [7, 11) is 0. The Balaban J connectivity index is 1.80. The SMILES string of the molecule is Cc1ccc(-c2ccn(-c3ccccc3)c(=O)c2N=C(c2ccccc2)c2ccccc2)cc1. The molecule has 4 aromatic carbocycles. The van der Waals surface area contributed by atoms with Crippen LogP contribution in [0.3, 0.4) is 0 Å². The number of benzene rings is 4. The van der Waals surface area contributed by atoms with Gasteiger partial charge in [0.05, 0.1) is 5.71 Å². The van der Waals surface area contributed by atoms with E-state index in [1.54, 1.807) is 4.57 Å². The maximum Gasteiger partial charge on any atom is 0.281 e. The maximum atomic E-state index is 13.9. The molecule has 1 aromatic heterocycles. The van der Waals surface area contributed by atoms with Crippen LogP contribution >= 0.6 is 0 Å². The lowest BCUT2D eigenvalue weighted by Gasteiger charge is -2.13. The van der Waals surface area contributed by atoms with E-state index in [1.165, 1.54) is 5.56 Å². The predicted molar refractivity (Wildman–Crippen MR) is 140 cm³/mol. The van der Waals surface area contributed by atoms with Crippen LogP contribution in [0.2, 0.25) is 0 Å². The van der Waals surface area contributed by atoms with Crippen molar-refractivity contribution in [1.29, 1.82) is 0 Å². The Labute approximate surface area is 199 Å². The number of pyridine rings is 1. The summed E-state index contributed by atoms with van der Waals surface area (Å²) in [6.07, 6.45) is 1.83. The van der Waals surface area contributed by atoms with Crippen molar-refractivity contribution in [2.45, 2.75) is 6.92 Å². The van der Waals surface area contributed by atoms with Crippen molar-refractivity contribution in [2.24, 2.45) is 4.99 Å². The Hall–Kier alpha value is -4.50. The van der Waals surface area contributed by atoms with Gasteiger partial charge < -0.3 is 0 Å². The van der Waals surface area contributed by atoms with E-state index in [0.717, 1.165) is 33.7 Å². The Bertz CT molecular complexity index is 1440. The molecule has 0 bridgehead atoms. The third kappa shape index (κ3) is 4.37. The monoisotopic (exact) mass is 440 g/mol. The summed E-state index contributed by atoms with van der Waals surface area (Å²) in [6, 6.07) is 39.8. The van der Waals surface area contributed by atoms with E-state index in [4.69, 9.17) is 4.99 Å². The lowest BCUT2D eigenvalue weighted by Crippen LogP contribution is -2.18. The number of rotatable bonds is 5. The molecule has 164 valence electrons. The molecule has 3 heteroatoms. The van der Waals surface area contributed by atoms with E-state index >= 15 is 0 Å². The van der Waals surface area contributed by atoms with E-state index in [9.17, 15) is 4.79 Å². The molecular weight excluding hydrogens is 416 g/mol. The van der Waals surface area contributed by atoms with Gasteiger partial charge in [0.15, 0.2) is 0 Å². The lowest BCUT2D eigenvalue weighted by molar-refractivity contribution is 0.990. The molecule has 34 heavy (non-hydrogen) atoms. The fourth-order valence-corrected chi connectivity index (χ4v) is 3.99. The fraction of sp³-hybridized carbons (Fsp3) is 0.0323. The molecular formula is C31H24N2O. The molecule has 0 amide bonds. The summed E-state index contributed by atoms with van der Waals surface area (Å²) in [6.45, 7) is 2.05. The summed E-state index contributed by atoms with van der Waals surface area (Å²) in [5.41, 5.74) is 6.67. The van der Waals surface area contributed by atoms with Crippen molar-refractivity contribution >= 4 is 11.4 Å². The predicted octanol–water partition coefficient (Wildman–Crippen LogP) is 6.98. The smallest absolute Gasteiger partial charge is 0.281 e. The highest BCUT2D eigenvalue weighted by molar-refractivity contribution is 6.14. The van der Waals surface area contributed by atoms with Crippen LogP contribution in [0.5, 0.6) is 0 Å². The largest absolute Gasteiger partial charge is 0.282 e. The molecule has 5 rings (SSSR count). The zero-order valence-corrected chi connectivity index (χ0v) is 18.9. The van der Waals surface area contributed by atoms with Gasteiger partial charge in [0.25, 0.3) is 5.56 Å². The average Bonchev–Trinajstić information content (AvgIpc) is 2.90. The average molecular weight is 441 g/mol. The number of hydrogen-bond acceptors (Lipinski definition) is 2. The van der Waals surface area contributed by atoms with Crippen molar-refractivity contribution < 1.29 is 0 Å². The molecule has 0 saturated carbocycles. The molecule has 0 radical (unpaired) electrons. The zero-order valence-electron chi connectivity index (χ0n) is 18.9. The third-order valence-electron chi connectivity index (χ3n) is 5.78. The number of aryl methyl sites for hydroxylation is 1. The van der Waals surface area contributed by atoms with Gasteiger partial charge in [-0.3, -0.25) is 9.36 Å². The minimum Gasteiger partial charge on any atom is -0.282 e. The van der Waals surface area contributed by atoms with Crippen LogP contribution in [-0.4, -0.2) is 10.3 Å².